The van der Waals surface area contributed by atoms with Crippen LogP contribution in [-0.2, 0) is 18.3 Å². The molecule has 0 bridgehead atoms. The van der Waals surface area contributed by atoms with Gasteiger partial charge in [0.2, 0.25) is 0 Å². The van der Waals surface area contributed by atoms with Gasteiger partial charge in [0.15, 0.2) is 0 Å². The van der Waals surface area contributed by atoms with E-state index < -0.39 is 0 Å². The molecule has 0 amide bonds. The zero-order valence-corrected chi connectivity index (χ0v) is 9.78. The van der Waals surface area contributed by atoms with Crippen LogP contribution in [0, 0.1) is 5.92 Å². The van der Waals surface area contributed by atoms with Gasteiger partial charge in [0.25, 0.3) is 0 Å². The Kier molecular flexibility index (Phi) is 2.69. The van der Waals surface area contributed by atoms with Gasteiger partial charge in [-0.15, -0.1) is 0 Å². The van der Waals surface area contributed by atoms with Crippen LogP contribution in [0.5, 0.6) is 0 Å². The van der Waals surface area contributed by atoms with Crippen LogP contribution >= 0.6 is 0 Å². The molecule has 0 spiro atoms. The number of rotatable bonds is 4. The van der Waals surface area contributed by atoms with Crippen LogP contribution in [0.1, 0.15) is 30.0 Å². The average molecular weight is 221 g/mol. The lowest BCUT2D eigenvalue weighted by Crippen LogP contribution is -2.30. The monoisotopic (exact) mass is 221 g/mol. The van der Waals surface area contributed by atoms with Crippen molar-refractivity contribution >= 4 is 0 Å². The molecule has 1 aromatic rings. The highest BCUT2D eigenvalue weighted by Crippen LogP contribution is 2.30. The molecule has 1 saturated carbocycles. The van der Waals surface area contributed by atoms with E-state index in [2.05, 4.69) is 16.6 Å². The van der Waals surface area contributed by atoms with Gasteiger partial charge in [0, 0.05) is 44.4 Å². The Morgan fingerprint density at radius 3 is 3.19 bits per heavy atom. The highest BCUT2D eigenvalue weighted by molar-refractivity contribution is 5.25. The summed E-state index contributed by atoms with van der Waals surface area (Å²) in [6, 6.07) is 0. The van der Waals surface area contributed by atoms with Gasteiger partial charge in [0.1, 0.15) is 0 Å². The molecule has 0 unspecified atom stereocenters. The minimum absolute atomic E-state index is 0.483. The molecular weight excluding hydrogens is 202 g/mol. The van der Waals surface area contributed by atoms with Crippen molar-refractivity contribution in [2.45, 2.75) is 25.3 Å². The third-order valence-corrected chi connectivity index (χ3v) is 3.43. The van der Waals surface area contributed by atoms with Gasteiger partial charge < -0.3 is 10.1 Å². The zero-order valence-electron chi connectivity index (χ0n) is 9.78. The first-order chi connectivity index (χ1) is 7.83. The quantitative estimate of drug-likeness (QED) is 0.825. The molecule has 2 aliphatic rings. The number of nitrogens with one attached hydrogen (secondary N) is 1. The molecule has 2 heterocycles. The fourth-order valence-corrected chi connectivity index (χ4v) is 2.32. The molecule has 4 nitrogen and oxygen atoms in total. The number of ether oxygens (including phenoxy) is 1. The number of aromatic nitrogens is 2. The summed E-state index contributed by atoms with van der Waals surface area (Å²) in [6.45, 7) is 3.70. The van der Waals surface area contributed by atoms with Crippen LogP contribution in [0.15, 0.2) is 6.20 Å². The van der Waals surface area contributed by atoms with Crippen LogP contribution in [-0.4, -0.2) is 29.5 Å². The van der Waals surface area contributed by atoms with E-state index in [4.69, 9.17) is 4.74 Å². The van der Waals surface area contributed by atoms with Crippen LogP contribution in [0.25, 0.3) is 0 Å². The lowest BCUT2D eigenvalue weighted by Gasteiger charge is -2.22. The summed E-state index contributed by atoms with van der Waals surface area (Å²) in [7, 11) is 1.99. The summed E-state index contributed by atoms with van der Waals surface area (Å²) >= 11 is 0. The maximum absolute atomic E-state index is 5.79. The van der Waals surface area contributed by atoms with E-state index >= 15 is 0 Å². The summed E-state index contributed by atoms with van der Waals surface area (Å²) in [4.78, 5) is 0. The van der Waals surface area contributed by atoms with E-state index in [0.29, 0.717) is 5.92 Å². The summed E-state index contributed by atoms with van der Waals surface area (Å²) < 4.78 is 7.69. The lowest BCUT2D eigenvalue weighted by atomic mass is 9.97. The molecule has 88 valence electrons. The number of nitrogens with zero attached hydrogens (tertiary/aromatic N) is 2. The van der Waals surface area contributed by atoms with Gasteiger partial charge in [-0.3, -0.25) is 4.68 Å². The van der Waals surface area contributed by atoms with Crippen LogP contribution in [0.2, 0.25) is 0 Å². The Bertz CT molecular complexity index is 370. The Morgan fingerprint density at radius 2 is 2.38 bits per heavy atom. The van der Waals surface area contributed by atoms with Gasteiger partial charge in [-0.05, 0) is 18.8 Å². The Morgan fingerprint density at radius 1 is 1.50 bits per heavy atom. The third-order valence-electron chi connectivity index (χ3n) is 3.43. The molecule has 0 saturated heterocycles. The van der Waals surface area contributed by atoms with Gasteiger partial charge in [0.05, 0.1) is 12.3 Å². The minimum Gasteiger partial charge on any atom is -0.380 e. The first-order valence-corrected chi connectivity index (χ1v) is 6.14. The predicted octanol–water partition coefficient (Wildman–Crippen LogP) is 1.03. The molecule has 1 fully saturated rings. The maximum atomic E-state index is 5.79. The van der Waals surface area contributed by atoms with Gasteiger partial charge in [-0.25, -0.2) is 0 Å². The van der Waals surface area contributed by atoms with Crippen molar-refractivity contribution in [2.24, 2.45) is 13.0 Å². The number of hydrogen-bond donors (Lipinski definition) is 1. The van der Waals surface area contributed by atoms with E-state index in [1.54, 1.807) is 0 Å². The first kappa shape index (κ1) is 10.3. The van der Waals surface area contributed by atoms with Gasteiger partial charge in [-0.1, -0.05) is 0 Å². The molecule has 0 aromatic carbocycles. The molecule has 16 heavy (non-hydrogen) atoms. The average Bonchev–Trinajstić information content (AvgIpc) is 2.99. The van der Waals surface area contributed by atoms with E-state index in [9.17, 15) is 0 Å². The van der Waals surface area contributed by atoms with Crippen LogP contribution in [0.4, 0.5) is 0 Å². The highest BCUT2D eigenvalue weighted by atomic mass is 16.5. The predicted molar refractivity (Wildman–Crippen MR) is 61.2 cm³/mol. The normalized spacial score (nSPS) is 24.4. The second kappa shape index (κ2) is 4.18. The largest absolute Gasteiger partial charge is 0.380 e. The second-order valence-corrected chi connectivity index (χ2v) is 5.01. The zero-order chi connectivity index (χ0) is 11.0. The Labute approximate surface area is 96.0 Å². The highest BCUT2D eigenvalue weighted by Gasteiger charge is 2.25. The van der Waals surface area contributed by atoms with Gasteiger partial charge >= 0.3 is 0 Å². The summed E-state index contributed by atoms with van der Waals surface area (Å²) in [5.74, 6) is 1.33. The molecule has 1 aliphatic heterocycles. The molecular formula is C12H19N3O. The van der Waals surface area contributed by atoms with E-state index in [1.165, 1.54) is 24.1 Å². The van der Waals surface area contributed by atoms with Crippen molar-refractivity contribution in [3.8, 4) is 0 Å². The maximum Gasteiger partial charge on any atom is 0.0798 e. The summed E-state index contributed by atoms with van der Waals surface area (Å²) in [5, 5.41) is 7.86. The molecule has 3 rings (SSSR count). The van der Waals surface area contributed by atoms with Crippen molar-refractivity contribution in [1.82, 2.24) is 15.1 Å². The first-order valence-electron chi connectivity index (χ1n) is 6.14. The van der Waals surface area contributed by atoms with E-state index in [1.807, 2.05) is 11.7 Å². The Balaban J connectivity index is 1.61. The topological polar surface area (TPSA) is 39.1 Å². The van der Waals surface area contributed by atoms with Crippen molar-refractivity contribution in [1.29, 1.82) is 0 Å². The van der Waals surface area contributed by atoms with Crippen LogP contribution in [0.3, 0.4) is 0 Å². The number of fused-ring (bicyclic) bond motifs is 1. The van der Waals surface area contributed by atoms with Crippen LogP contribution < -0.4 is 5.32 Å². The molecule has 1 atom stereocenters. The van der Waals surface area contributed by atoms with E-state index in [-0.39, 0.29) is 0 Å². The van der Waals surface area contributed by atoms with E-state index in [0.717, 1.165) is 32.2 Å². The smallest absolute Gasteiger partial charge is 0.0798 e. The second-order valence-electron chi connectivity index (χ2n) is 5.01. The molecule has 1 N–H and O–H groups in total. The molecule has 0 radical (unpaired) electrons. The number of hydrogen-bond acceptors (Lipinski definition) is 3. The van der Waals surface area contributed by atoms with Crippen molar-refractivity contribution in [3.63, 3.8) is 0 Å². The standard InChI is InChI=1S/C12H19N3O/c1-15-6-11-10(4-13-5-12(11)14-15)8-16-7-9-2-3-9/h6,9-10,13H,2-5,7-8H2,1H3/t10-/m1/s1. The van der Waals surface area contributed by atoms with Crippen molar-refractivity contribution in [3.05, 3.63) is 17.5 Å². The fourth-order valence-electron chi connectivity index (χ4n) is 2.32. The SMILES string of the molecule is Cn1cc2c(n1)CNC[C@@H]2COCC1CC1. The third kappa shape index (κ3) is 2.13. The van der Waals surface area contributed by atoms with Crippen molar-refractivity contribution in [2.75, 3.05) is 19.8 Å². The number of aryl methyl sites for hydroxylation is 1. The fraction of sp³-hybridized carbons (Fsp3) is 0.750. The van der Waals surface area contributed by atoms with Gasteiger partial charge in [-0.2, -0.15) is 5.10 Å². The lowest BCUT2D eigenvalue weighted by molar-refractivity contribution is 0.108. The molecule has 1 aromatic heterocycles. The molecule has 1 aliphatic carbocycles. The minimum atomic E-state index is 0.483. The Hall–Kier alpha value is -0.870. The molecule has 4 heteroatoms. The van der Waals surface area contributed by atoms with Crippen molar-refractivity contribution < 1.29 is 4.74 Å². The summed E-state index contributed by atoms with van der Waals surface area (Å²) in [5.41, 5.74) is 2.56. The summed E-state index contributed by atoms with van der Waals surface area (Å²) in [6.07, 6.45) is 4.86.